The van der Waals surface area contributed by atoms with Crippen molar-refractivity contribution >= 4 is 33.7 Å². The number of carbonyl (C=O) groups excluding carboxylic acids is 2. The molecule has 3 aliphatic heterocycles. The van der Waals surface area contributed by atoms with Crippen LogP contribution in [0.15, 0.2) is 34.8 Å². The summed E-state index contributed by atoms with van der Waals surface area (Å²) in [6.07, 6.45) is 6.38. The van der Waals surface area contributed by atoms with Crippen molar-refractivity contribution in [2.45, 2.75) is 57.0 Å². The minimum absolute atomic E-state index is 0.0390. The summed E-state index contributed by atoms with van der Waals surface area (Å²) in [6.45, 7) is 3.02. The van der Waals surface area contributed by atoms with Gasteiger partial charge < -0.3 is 14.4 Å². The summed E-state index contributed by atoms with van der Waals surface area (Å²) in [5.74, 6) is -0.622. The van der Waals surface area contributed by atoms with Gasteiger partial charge in [0.05, 0.1) is 45.5 Å². The summed E-state index contributed by atoms with van der Waals surface area (Å²) in [4.78, 5) is 30.2. The molecule has 2 unspecified atom stereocenters. The molecule has 1 saturated heterocycles. The largest absolute Gasteiger partial charge is 0.496 e. The maximum Gasteiger partial charge on any atom is 0.328 e. The highest BCUT2D eigenvalue weighted by Gasteiger charge is 2.52. The van der Waals surface area contributed by atoms with Crippen LogP contribution >= 0.6 is 11.8 Å². The Bertz CT molecular complexity index is 1460. The molecule has 0 radical (unpaired) electrons. The number of aryl methyl sites for hydroxylation is 1. The minimum atomic E-state index is -3.83. The zero-order valence-electron chi connectivity index (χ0n) is 21.3. The molecule has 2 fully saturated rings. The number of nitrogens with one attached hydrogen (secondary N) is 1. The lowest BCUT2D eigenvalue weighted by Gasteiger charge is -2.41. The highest BCUT2D eigenvalue weighted by atomic mass is 32.3. The van der Waals surface area contributed by atoms with Gasteiger partial charge in [-0.2, -0.15) is 5.10 Å². The lowest BCUT2D eigenvalue weighted by Crippen LogP contribution is -2.58. The van der Waals surface area contributed by atoms with E-state index in [1.165, 1.54) is 11.0 Å². The van der Waals surface area contributed by atoms with E-state index < -0.39 is 38.8 Å². The van der Waals surface area contributed by atoms with Crippen molar-refractivity contribution in [2.75, 3.05) is 7.11 Å². The quantitative estimate of drug-likeness (QED) is 0.523. The van der Waals surface area contributed by atoms with E-state index in [2.05, 4.69) is 9.82 Å². The number of benzene rings is 1. The molecule has 38 heavy (non-hydrogen) atoms. The topological polar surface area (TPSA) is 123 Å². The third kappa shape index (κ3) is 4.51. The highest BCUT2D eigenvalue weighted by Crippen LogP contribution is 2.47. The number of sulfonamides is 1. The van der Waals surface area contributed by atoms with Crippen LogP contribution in [0.1, 0.15) is 42.0 Å². The van der Waals surface area contributed by atoms with Crippen molar-refractivity contribution in [3.05, 3.63) is 57.1 Å². The Morgan fingerprint density at radius 1 is 1.21 bits per heavy atom. The van der Waals surface area contributed by atoms with Gasteiger partial charge in [-0.25, -0.2) is 17.9 Å². The van der Waals surface area contributed by atoms with E-state index in [9.17, 15) is 18.0 Å². The Morgan fingerprint density at radius 3 is 2.61 bits per heavy atom. The molecule has 1 N–H and O–H groups in total. The molecular weight excluding hydrogens is 530 g/mol. The van der Waals surface area contributed by atoms with Crippen LogP contribution < -0.4 is 9.46 Å². The predicted molar refractivity (Wildman–Crippen MR) is 139 cm³/mol. The smallest absolute Gasteiger partial charge is 0.328 e. The van der Waals surface area contributed by atoms with Gasteiger partial charge in [0.15, 0.2) is 0 Å². The van der Waals surface area contributed by atoms with Gasteiger partial charge in [0.1, 0.15) is 15.4 Å². The van der Waals surface area contributed by atoms with E-state index >= 15 is 0 Å². The third-order valence-electron chi connectivity index (χ3n) is 7.40. The maximum absolute atomic E-state index is 13.9. The first-order chi connectivity index (χ1) is 18.1. The van der Waals surface area contributed by atoms with E-state index in [1.807, 2.05) is 19.1 Å². The Hall–Kier alpha value is -2.87. The van der Waals surface area contributed by atoms with Crippen LogP contribution in [0.4, 0.5) is 4.79 Å². The van der Waals surface area contributed by atoms with Gasteiger partial charge >= 0.3 is 6.03 Å². The predicted octanol–water partition coefficient (Wildman–Crippen LogP) is 2.43. The van der Waals surface area contributed by atoms with Crippen molar-refractivity contribution in [2.24, 2.45) is 13.0 Å². The number of rotatable bonds is 8. The van der Waals surface area contributed by atoms with E-state index in [0.29, 0.717) is 24.5 Å². The molecule has 4 heterocycles. The number of aromatic nitrogens is 2. The summed E-state index contributed by atoms with van der Waals surface area (Å²) in [5.41, 5.74) is 3.06. The molecule has 2 aromatic rings. The van der Waals surface area contributed by atoms with Crippen LogP contribution in [0.25, 0.3) is 0 Å². The van der Waals surface area contributed by atoms with Crippen LogP contribution in [0.5, 0.6) is 5.75 Å². The monoisotopic (exact) mass is 559 g/mol. The zero-order valence-corrected chi connectivity index (χ0v) is 23.0. The fraction of sp³-hybridized carbons (Fsp3) is 0.480. The third-order valence-corrected chi connectivity index (χ3v) is 10.9. The summed E-state index contributed by atoms with van der Waals surface area (Å²) < 4.78 is 42.1. The molecule has 11 nitrogen and oxygen atoms in total. The van der Waals surface area contributed by atoms with Crippen LogP contribution in [0.2, 0.25) is 0 Å². The molecule has 1 saturated carbocycles. The molecule has 2 atom stereocenters. The summed E-state index contributed by atoms with van der Waals surface area (Å²) in [7, 11) is -0.503. The van der Waals surface area contributed by atoms with Crippen molar-refractivity contribution in [1.29, 1.82) is 0 Å². The summed E-state index contributed by atoms with van der Waals surface area (Å²) >= 11 is 1.04. The summed E-state index contributed by atoms with van der Waals surface area (Å²) in [5, 5.41) is 3.45. The number of carbonyl (C=O) groups is 2. The van der Waals surface area contributed by atoms with Crippen molar-refractivity contribution in [3.63, 3.8) is 0 Å². The Morgan fingerprint density at radius 2 is 1.95 bits per heavy atom. The van der Waals surface area contributed by atoms with Crippen LogP contribution in [-0.2, 0) is 52.9 Å². The molecule has 1 aromatic heterocycles. The number of methoxy groups -OCH3 is 1. The number of ether oxygens (including phenoxy) is 2. The highest BCUT2D eigenvalue weighted by molar-refractivity contribution is 8.18. The molecule has 202 valence electrons. The Kier molecular flexibility index (Phi) is 6.09. The number of fused-ring (bicyclic) bond motifs is 2. The molecule has 3 amide bonds. The van der Waals surface area contributed by atoms with Gasteiger partial charge in [-0.05, 0) is 49.1 Å². The second-order valence-electron chi connectivity index (χ2n) is 10.5. The number of amides is 3. The van der Waals surface area contributed by atoms with Gasteiger partial charge in [-0.15, -0.1) is 0 Å². The van der Waals surface area contributed by atoms with Crippen molar-refractivity contribution < 1.29 is 27.5 Å². The number of thioether (sulfide) groups is 1. The standard InChI is InChI=1S/C25H29N5O6S2/c1-25(4-5-25)27-38(33,34)21-8-19-22(31)29(11-15-9-26-28(2)10-15)24(32)30(23(19)37-21)12-16-6-17-13-36-14-18(17)7-20(16)35-3/h6-10,19,23,27H,4-5,11-14H2,1-3H3. The normalized spacial score (nSPS) is 23.9. The average Bonchev–Trinajstić information content (AvgIpc) is 3.28. The van der Waals surface area contributed by atoms with Crippen LogP contribution in [-0.4, -0.2) is 58.0 Å². The first-order valence-electron chi connectivity index (χ1n) is 12.4. The van der Waals surface area contributed by atoms with E-state index in [0.717, 1.165) is 41.3 Å². The SMILES string of the molecule is COc1cc2c(cc1CN1C(=O)N(Cc3cnn(C)c3)C(=O)C3C=C(S(=O)(=O)NC4(C)CC4)SC31)COC2. The molecule has 0 bridgehead atoms. The number of hydrogen-bond acceptors (Lipinski definition) is 8. The molecular formula is C25H29N5O6S2. The van der Waals surface area contributed by atoms with Crippen LogP contribution in [0.3, 0.4) is 0 Å². The molecule has 1 aromatic carbocycles. The molecule has 4 aliphatic rings. The van der Waals surface area contributed by atoms with E-state index in [1.54, 1.807) is 36.1 Å². The fourth-order valence-electron chi connectivity index (χ4n) is 5.06. The molecule has 6 rings (SSSR count). The lowest BCUT2D eigenvalue weighted by atomic mass is 10.0. The maximum atomic E-state index is 13.9. The molecule has 0 spiro atoms. The number of nitrogens with zero attached hydrogens (tertiary/aromatic N) is 4. The summed E-state index contributed by atoms with van der Waals surface area (Å²) in [6, 6.07) is 3.39. The number of imide groups is 1. The number of hydrogen-bond donors (Lipinski definition) is 1. The Balaban J connectivity index is 1.35. The van der Waals surface area contributed by atoms with Crippen molar-refractivity contribution in [3.8, 4) is 5.75 Å². The van der Waals surface area contributed by atoms with Gasteiger partial charge in [-0.1, -0.05) is 11.8 Å². The molecule has 13 heteroatoms. The number of urea groups is 1. The zero-order chi connectivity index (χ0) is 26.8. The average molecular weight is 560 g/mol. The van der Waals surface area contributed by atoms with E-state index in [4.69, 9.17) is 9.47 Å². The molecule has 1 aliphatic carbocycles. The van der Waals surface area contributed by atoms with Crippen LogP contribution in [0, 0.1) is 5.92 Å². The Labute approximate surface area is 225 Å². The van der Waals surface area contributed by atoms with Gasteiger partial charge in [0.25, 0.3) is 0 Å². The fourth-order valence-corrected chi connectivity index (χ4v) is 8.36. The lowest BCUT2D eigenvalue weighted by molar-refractivity contribution is -0.135. The van der Waals surface area contributed by atoms with E-state index in [-0.39, 0.29) is 17.3 Å². The second kappa shape index (κ2) is 9.11. The first kappa shape index (κ1) is 25.4. The van der Waals surface area contributed by atoms with Crippen molar-refractivity contribution in [1.82, 2.24) is 24.3 Å². The first-order valence-corrected chi connectivity index (χ1v) is 14.7. The van der Waals surface area contributed by atoms with Gasteiger partial charge in [-0.3, -0.25) is 14.4 Å². The second-order valence-corrected chi connectivity index (χ2v) is 13.5. The minimum Gasteiger partial charge on any atom is -0.496 e. The van der Waals surface area contributed by atoms with Gasteiger partial charge in [0.2, 0.25) is 15.9 Å². The van der Waals surface area contributed by atoms with Gasteiger partial charge in [0, 0.05) is 29.9 Å².